The Labute approximate surface area is 141 Å². The Bertz CT molecular complexity index is 972. The molecule has 0 spiro atoms. The van der Waals surface area contributed by atoms with Crippen molar-refractivity contribution in [3.63, 3.8) is 0 Å². The number of fused-ring (bicyclic) bond motifs is 3. The van der Waals surface area contributed by atoms with Gasteiger partial charge >= 0.3 is 0 Å². The first-order chi connectivity index (χ1) is 11.6. The number of aliphatic imine (C=N–C) groups is 1. The number of hydrogen-bond acceptors (Lipinski definition) is 3. The molecule has 0 fully saturated rings. The molecule has 0 bridgehead atoms. The second-order valence-electron chi connectivity index (χ2n) is 5.38. The molecule has 0 saturated carbocycles. The summed E-state index contributed by atoms with van der Waals surface area (Å²) in [7, 11) is 0. The van der Waals surface area contributed by atoms with Crippen LogP contribution in [0.3, 0.4) is 0 Å². The Morgan fingerprint density at radius 3 is 2.79 bits per heavy atom. The van der Waals surface area contributed by atoms with Crippen LogP contribution in [0.15, 0.2) is 53.9 Å². The fraction of sp³-hybridized carbons (Fsp3) is 0.0556. The molecule has 0 amide bonds. The predicted octanol–water partition coefficient (Wildman–Crippen LogP) is 4.60. The molecule has 3 aromatic rings. The van der Waals surface area contributed by atoms with Crippen LogP contribution in [-0.2, 0) is 0 Å². The Hall–Kier alpha value is -2.66. The van der Waals surface area contributed by atoms with Crippen LogP contribution < -0.4 is 0 Å². The summed E-state index contributed by atoms with van der Waals surface area (Å²) >= 11 is 6.13. The molecule has 0 radical (unpaired) electrons. The van der Waals surface area contributed by atoms with E-state index in [4.69, 9.17) is 11.6 Å². The quantitative estimate of drug-likeness (QED) is 0.649. The molecule has 0 saturated heterocycles. The molecule has 1 atom stereocenters. The molecule has 0 aliphatic carbocycles. The van der Waals surface area contributed by atoms with E-state index in [9.17, 15) is 8.78 Å². The summed E-state index contributed by atoms with van der Waals surface area (Å²) in [4.78, 5) is 12.8. The van der Waals surface area contributed by atoms with E-state index in [-0.39, 0.29) is 5.56 Å². The van der Waals surface area contributed by atoms with Crippen molar-refractivity contribution in [2.45, 2.75) is 6.04 Å². The van der Waals surface area contributed by atoms with E-state index in [1.54, 1.807) is 24.5 Å². The lowest BCUT2D eigenvalue weighted by molar-refractivity contribution is 0.495. The van der Waals surface area contributed by atoms with Crippen LogP contribution in [-0.4, -0.2) is 16.2 Å². The highest BCUT2D eigenvalue weighted by molar-refractivity contribution is 6.30. The lowest BCUT2D eigenvalue weighted by Crippen LogP contribution is -2.04. The molecule has 1 unspecified atom stereocenters. The van der Waals surface area contributed by atoms with Gasteiger partial charge in [0.2, 0.25) is 0 Å². The van der Waals surface area contributed by atoms with Crippen molar-refractivity contribution in [1.82, 2.24) is 9.97 Å². The molecule has 3 nitrogen and oxygen atoms in total. The SMILES string of the molecule is Fc1cccc(C2N=Cc3cncnc3-c3ccc(Cl)cc32)c1F. The van der Waals surface area contributed by atoms with Gasteiger partial charge in [-0.25, -0.2) is 18.7 Å². The standard InChI is InChI=1S/C18H10ClF2N3/c19-11-4-5-12-14(6-11)18(13-2-1-3-15(20)16(13)21)23-8-10-7-22-9-24-17(10)12/h1-9,18H. The van der Waals surface area contributed by atoms with Gasteiger partial charge in [0.25, 0.3) is 0 Å². The van der Waals surface area contributed by atoms with E-state index in [0.717, 1.165) is 11.6 Å². The van der Waals surface area contributed by atoms with E-state index in [0.29, 0.717) is 21.8 Å². The number of nitrogens with zero attached hydrogens (tertiary/aromatic N) is 3. The monoisotopic (exact) mass is 341 g/mol. The first kappa shape index (κ1) is 14.9. The zero-order chi connectivity index (χ0) is 16.7. The maximum atomic E-state index is 14.3. The zero-order valence-electron chi connectivity index (χ0n) is 12.2. The molecule has 1 aliphatic rings. The maximum absolute atomic E-state index is 14.3. The topological polar surface area (TPSA) is 38.1 Å². The van der Waals surface area contributed by atoms with Crippen molar-refractivity contribution in [3.8, 4) is 11.3 Å². The molecule has 118 valence electrons. The third-order valence-corrected chi connectivity index (χ3v) is 4.18. The van der Waals surface area contributed by atoms with Crippen molar-refractivity contribution in [1.29, 1.82) is 0 Å². The summed E-state index contributed by atoms with van der Waals surface area (Å²) in [5, 5.41) is 0.489. The van der Waals surface area contributed by atoms with E-state index < -0.39 is 17.7 Å². The van der Waals surface area contributed by atoms with Gasteiger partial charge < -0.3 is 0 Å². The van der Waals surface area contributed by atoms with Crippen LogP contribution in [0.25, 0.3) is 11.3 Å². The number of benzene rings is 2. The third-order valence-electron chi connectivity index (χ3n) is 3.94. The number of halogens is 3. The summed E-state index contributed by atoms with van der Waals surface area (Å²) < 4.78 is 28.0. The van der Waals surface area contributed by atoms with Gasteiger partial charge in [-0.15, -0.1) is 0 Å². The average Bonchev–Trinajstić information content (AvgIpc) is 2.74. The van der Waals surface area contributed by atoms with Gasteiger partial charge in [-0.1, -0.05) is 29.8 Å². The summed E-state index contributed by atoms with van der Waals surface area (Å²) in [6.45, 7) is 0. The van der Waals surface area contributed by atoms with Crippen molar-refractivity contribution in [3.05, 3.63) is 82.3 Å². The molecule has 2 aromatic carbocycles. The van der Waals surface area contributed by atoms with Crippen LogP contribution in [0.2, 0.25) is 5.02 Å². The summed E-state index contributed by atoms with van der Waals surface area (Å²) in [6, 6.07) is 8.60. The fourth-order valence-electron chi connectivity index (χ4n) is 2.85. The smallest absolute Gasteiger partial charge is 0.164 e. The molecular formula is C18H10ClF2N3. The summed E-state index contributed by atoms with van der Waals surface area (Å²) in [6.07, 6.45) is 4.65. The fourth-order valence-corrected chi connectivity index (χ4v) is 3.03. The van der Waals surface area contributed by atoms with Crippen molar-refractivity contribution >= 4 is 17.8 Å². The Morgan fingerprint density at radius 1 is 1.04 bits per heavy atom. The van der Waals surface area contributed by atoms with Gasteiger partial charge in [-0.05, 0) is 23.8 Å². The highest BCUT2D eigenvalue weighted by Crippen LogP contribution is 2.39. The van der Waals surface area contributed by atoms with Crippen molar-refractivity contribution in [2.24, 2.45) is 4.99 Å². The minimum atomic E-state index is -0.914. The summed E-state index contributed by atoms with van der Waals surface area (Å²) in [5.41, 5.74) is 2.97. The summed E-state index contributed by atoms with van der Waals surface area (Å²) in [5.74, 6) is -1.82. The molecule has 4 rings (SSSR count). The second-order valence-corrected chi connectivity index (χ2v) is 5.82. The Balaban J connectivity index is 2.01. The first-order valence-corrected chi connectivity index (χ1v) is 7.60. The molecule has 1 aromatic heterocycles. The van der Waals surface area contributed by atoms with E-state index in [1.807, 2.05) is 6.07 Å². The van der Waals surface area contributed by atoms with Crippen molar-refractivity contribution < 1.29 is 8.78 Å². The maximum Gasteiger partial charge on any atom is 0.164 e. The third kappa shape index (κ3) is 2.37. The number of aromatic nitrogens is 2. The van der Waals surface area contributed by atoms with Crippen LogP contribution in [0.1, 0.15) is 22.7 Å². The van der Waals surface area contributed by atoms with E-state index in [2.05, 4.69) is 15.0 Å². The van der Waals surface area contributed by atoms with Gasteiger partial charge in [-0.2, -0.15) is 0 Å². The Kier molecular flexibility index (Phi) is 3.58. The van der Waals surface area contributed by atoms with Crippen LogP contribution >= 0.6 is 11.6 Å². The molecule has 0 N–H and O–H groups in total. The van der Waals surface area contributed by atoms with Gasteiger partial charge in [0.15, 0.2) is 11.6 Å². The number of hydrogen-bond donors (Lipinski definition) is 0. The predicted molar refractivity (Wildman–Crippen MR) is 88.3 cm³/mol. The average molecular weight is 342 g/mol. The molecule has 2 heterocycles. The first-order valence-electron chi connectivity index (χ1n) is 7.22. The molecule has 1 aliphatic heterocycles. The number of rotatable bonds is 1. The van der Waals surface area contributed by atoms with Crippen LogP contribution in [0, 0.1) is 11.6 Å². The van der Waals surface area contributed by atoms with Gasteiger partial charge in [0.05, 0.1) is 5.69 Å². The van der Waals surface area contributed by atoms with Crippen molar-refractivity contribution in [2.75, 3.05) is 0 Å². The van der Waals surface area contributed by atoms with Crippen LogP contribution in [0.5, 0.6) is 0 Å². The lowest BCUT2D eigenvalue weighted by atomic mass is 9.93. The van der Waals surface area contributed by atoms with Gasteiger partial charge in [0.1, 0.15) is 12.4 Å². The minimum absolute atomic E-state index is 0.149. The molecule has 6 heteroatoms. The minimum Gasteiger partial charge on any atom is -0.279 e. The normalized spacial score (nSPS) is 15.5. The zero-order valence-corrected chi connectivity index (χ0v) is 13.0. The largest absolute Gasteiger partial charge is 0.279 e. The molecule has 24 heavy (non-hydrogen) atoms. The Morgan fingerprint density at radius 2 is 1.92 bits per heavy atom. The van der Waals surface area contributed by atoms with E-state index in [1.165, 1.54) is 18.5 Å². The highest BCUT2D eigenvalue weighted by Gasteiger charge is 2.25. The van der Waals surface area contributed by atoms with E-state index >= 15 is 0 Å². The lowest BCUT2D eigenvalue weighted by Gasteiger charge is -2.17. The van der Waals surface area contributed by atoms with Gasteiger partial charge in [0, 0.05) is 34.1 Å². The highest BCUT2D eigenvalue weighted by atomic mass is 35.5. The van der Waals surface area contributed by atoms with Crippen LogP contribution in [0.4, 0.5) is 8.78 Å². The van der Waals surface area contributed by atoms with Gasteiger partial charge in [-0.3, -0.25) is 4.99 Å². The molecular weight excluding hydrogens is 332 g/mol. The second kappa shape index (κ2) is 5.76.